The molecular weight excluding hydrogens is 374 g/mol. The molecule has 5 heteroatoms. The number of piperidine rings is 1. The van der Waals surface area contributed by atoms with E-state index < -0.39 is 0 Å². The summed E-state index contributed by atoms with van der Waals surface area (Å²) in [5.41, 5.74) is 2.18. The van der Waals surface area contributed by atoms with Crippen LogP contribution in [-0.2, 0) is 17.9 Å². The second kappa shape index (κ2) is 8.50. The van der Waals surface area contributed by atoms with Gasteiger partial charge in [-0.25, -0.2) is 4.98 Å². The summed E-state index contributed by atoms with van der Waals surface area (Å²) >= 11 is 0. The summed E-state index contributed by atoms with van der Waals surface area (Å²) in [6.07, 6.45) is 5.51. The molecule has 30 heavy (non-hydrogen) atoms. The fourth-order valence-electron chi connectivity index (χ4n) is 4.61. The third-order valence-electron chi connectivity index (χ3n) is 6.67. The van der Waals surface area contributed by atoms with Gasteiger partial charge in [0, 0.05) is 25.6 Å². The van der Waals surface area contributed by atoms with E-state index in [1.165, 1.54) is 6.42 Å². The molecule has 5 rings (SSSR count). The number of aromatic nitrogens is 2. The van der Waals surface area contributed by atoms with Crippen LogP contribution in [0, 0.1) is 11.8 Å². The first-order valence-corrected chi connectivity index (χ1v) is 11.2. The molecule has 156 valence electrons. The highest BCUT2D eigenvalue weighted by Crippen LogP contribution is 2.31. The number of rotatable bonds is 6. The molecule has 2 heterocycles. The van der Waals surface area contributed by atoms with Gasteiger partial charge in [0.05, 0.1) is 11.0 Å². The molecule has 5 nitrogen and oxygen atoms in total. The van der Waals surface area contributed by atoms with Crippen molar-refractivity contribution in [3.05, 3.63) is 60.4 Å². The number of imidazole rings is 1. The van der Waals surface area contributed by atoms with E-state index in [1.54, 1.807) is 0 Å². The van der Waals surface area contributed by atoms with E-state index in [0.29, 0.717) is 24.3 Å². The second-order valence-electron chi connectivity index (χ2n) is 8.63. The Balaban J connectivity index is 1.28. The minimum atomic E-state index is 0.306. The first kappa shape index (κ1) is 19.2. The molecule has 2 aromatic carbocycles. The van der Waals surface area contributed by atoms with Gasteiger partial charge in [-0.15, -0.1) is 0 Å². The molecule has 2 aliphatic rings. The number of nitrogens with zero attached hydrogens (tertiary/aromatic N) is 3. The van der Waals surface area contributed by atoms with Gasteiger partial charge in [-0.2, -0.15) is 0 Å². The number of carbonyl (C=O) groups excluding carboxylic acids is 1. The van der Waals surface area contributed by atoms with Crippen molar-refractivity contribution in [3.63, 3.8) is 0 Å². The number of hydrogen-bond acceptors (Lipinski definition) is 3. The summed E-state index contributed by atoms with van der Waals surface area (Å²) in [6, 6.07) is 18.2. The molecule has 0 bridgehead atoms. The summed E-state index contributed by atoms with van der Waals surface area (Å²) in [6.45, 7) is 3.17. The average Bonchev–Trinajstić information content (AvgIpc) is 3.10. The van der Waals surface area contributed by atoms with E-state index in [0.717, 1.165) is 67.9 Å². The van der Waals surface area contributed by atoms with E-state index in [-0.39, 0.29) is 0 Å². The Morgan fingerprint density at radius 2 is 1.70 bits per heavy atom. The van der Waals surface area contributed by atoms with Crippen LogP contribution in [0.25, 0.3) is 11.0 Å². The molecule has 1 amide bonds. The van der Waals surface area contributed by atoms with Crippen LogP contribution in [0.1, 0.15) is 37.9 Å². The van der Waals surface area contributed by atoms with Crippen molar-refractivity contribution in [3.8, 4) is 5.75 Å². The van der Waals surface area contributed by atoms with Crippen molar-refractivity contribution < 1.29 is 9.53 Å². The zero-order valence-corrected chi connectivity index (χ0v) is 17.4. The largest absolute Gasteiger partial charge is 0.486 e. The van der Waals surface area contributed by atoms with Gasteiger partial charge in [-0.1, -0.05) is 36.8 Å². The predicted molar refractivity (Wildman–Crippen MR) is 117 cm³/mol. The van der Waals surface area contributed by atoms with Crippen LogP contribution in [0.2, 0.25) is 0 Å². The Morgan fingerprint density at radius 1 is 0.967 bits per heavy atom. The second-order valence-corrected chi connectivity index (χ2v) is 8.63. The van der Waals surface area contributed by atoms with Gasteiger partial charge in [0.25, 0.3) is 0 Å². The van der Waals surface area contributed by atoms with Gasteiger partial charge >= 0.3 is 0 Å². The number of amides is 1. The monoisotopic (exact) mass is 403 g/mol. The van der Waals surface area contributed by atoms with E-state index >= 15 is 0 Å². The highest BCUT2D eigenvalue weighted by atomic mass is 16.5. The van der Waals surface area contributed by atoms with Crippen LogP contribution in [0.15, 0.2) is 54.6 Å². The van der Waals surface area contributed by atoms with Gasteiger partial charge in [-0.05, 0) is 55.9 Å². The smallest absolute Gasteiger partial charge is 0.225 e. The molecular formula is C25H29N3O2. The molecule has 2 fully saturated rings. The molecule has 1 saturated heterocycles. The van der Waals surface area contributed by atoms with Crippen molar-refractivity contribution in [2.45, 2.75) is 45.3 Å². The lowest BCUT2D eigenvalue weighted by Gasteiger charge is -2.36. The highest BCUT2D eigenvalue weighted by molar-refractivity contribution is 5.79. The van der Waals surface area contributed by atoms with E-state index in [9.17, 15) is 4.79 Å². The number of carbonyl (C=O) groups is 1. The van der Waals surface area contributed by atoms with Gasteiger partial charge in [0.1, 0.15) is 18.2 Å². The highest BCUT2D eigenvalue weighted by Gasteiger charge is 2.32. The Labute approximate surface area is 177 Å². The van der Waals surface area contributed by atoms with Crippen LogP contribution >= 0.6 is 0 Å². The molecule has 0 N–H and O–H groups in total. The quantitative estimate of drug-likeness (QED) is 0.602. The number of ether oxygens (including phenoxy) is 1. The minimum absolute atomic E-state index is 0.306. The number of likely N-dealkylation sites (tertiary alicyclic amines) is 1. The first-order chi connectivity index (χ1) is 14.8. The molecule has 1 saturated carbocycles. The lowest BCUT2D eigenvalue weighted by Crippen LogP contribution is -2.44. The topological polar surface area (TPSA) is 47.4 Å². The number of fused-ring (bicyclic) bond motifs is 1. The molecule has 0 radical (unpaired) electrons. The van der Waals surface area contributed by atoms with Crippen molar-refractivity contribution in [1.29, 1.82) is 0 Å². The summed E-state index contributed by atoms with van der Waals surface area (Å²) in [7, 11) is 0. The third kappa shape index (κ3) is 3.93. The summed E-state index contributed by atoms with van der Waals surface area (Å²) in [4.78, 5) is 19.5. The summed E-state index contributed by atoms with van der Waals surface area (Å²) in [5, 5.41) is 0. The number of para-hydroxylation sites is 3. The molecule has 0 unspecified atom stereocenters. The standard InChI is InChI=1S/C25H29N3O2/c29-25(20-7-6-8-20)27-15-13-19(14-16-27)17-28-23-12-5-4-11-22(23)26-24(28)18-30-21-9-2-1-3-10-21/h1-5,9-12,19-20H,6-8,13-18H2. The lowest BCUT2D eigenvalue weighted by atomic mass is 9.83. The van der Waals surface area contributed by atoms with Gasteiger partial charge in [0.15, 0.2) is 0 Å². The molecule has 3 aromatic rings. The van der Waals surface area contributed by atoms with Crippen LogP contribution < -0.4 is 4.74 Å². The first-order valence-electron chi connectivity index (χ1n) is 11.2. The Bertz CT molecular complexity index is 1000. The fraction of sp³-hybridized carbons (Fsp3) is 0.440. The Morgan fingerprint density at radius 3 is 2.43 bits per heavy atom. The van der Waals surface area contributed by atoms with Gasteiger partial charge in [0.2, 0.25) is 5.91 Å². The fourth-order valence-corrected chi connectivity index (χ4v) is 4.61. The number of benzene rings is 2. The summed E-state index contributed by atoms with van der Waals surface area (Å²) in [5.74, 6) is 3.08. The third-order valence-corrected chi connectivity index (χ3v) is 6.67. The molecule has 0 atom stereocenters. The molecule has 0 spiro atoms. The summed E-state index contributed by atoms with van der Waals surface area (Å²) < 4.78 is 8.33. The van der Waals surface area contributed by atoms with E-state index in [4.69, 9.17) is 9.72 Å². The van der Waals surface area contributed by atoms with Crippen molar-refractivity contribution in [2.75, 3.05) is 13.1 Å². The van der Waals surface area contributed by atoms with E-state index in [1.807, 2.05) is 36.4 Å². The van der Waals surface area contributed by atoms with Gasteiger partial charge < -0.3 is 14.2 Å². The Kier molecular flexibility index (Phi) is 5.43. The van der Waals surface area contributed by atoms with Crippen LogP contribution in [0.5, 0.6) is 5.75 Å². The SMILES string of the molecule is O=C(C1CCC1)N1CCC(Cn2c(COc3ccccc3)nc3ccccc32)CC1. The van der Waals surface area contributed by atoms with Gasteiger partial charge in [-0.3, -0.25) is 4.79 Å². The van der Waals surface area contributed by atoms with Crippen LogP contribution in [-0.4, -0.2) is 33.4 Å². The molecule has 1 aromatic heterocycles. The van der Waals surface area contributed by atoms with Crippen LogP contribution in [0.4, 0.5) is 0 Å². The zero-order chi connectivity index (χ0) is 20.3. The maximum atomic E-state index is 12.5. The lowest BCUT2D eigenvalue weighted by molar-refractivity contribution is -0.139. The van der Waals surface area contributed by atoms with Crippen LogP contribution in [0.3, 0.4) is 0 Å². The molecule has 1 aliphatic heterocycles. The van der Waals surface area contributed by atoms with Crippen molar-refractivity contribution in [1.82, 2.24) is 14.5 Å². The number of hydrogen-bond donors (Lipinski definition) is 0. The minimum Gasteiger partial charge on any atom is -0.486 e. The maximum absolute atomic E-state index is 12.5. The molecule has 1 aliphatic carbocycles. The van der Waals surface area contributed by atoms with E-state index in [2.05, 4.69) is 27.7 Å². The Hall–Kier alpha value is -2.82. The van der Waals surface area contributed by atoms with Crippen molar-refractivity contribution >= 4 is 16.9 Å². The average molecular weight is 404 g/mol. The normalized spacial score (nSPS) is 17.8. The zero-order valence-electron chi connectivity index (χ0n) is 17.4. The van der Waals surface area contributed by atoms with Crippen molar-refractivity contribution in [2.24, 2.45) is 11.8 Å². The predicted octanol–water partition coefficient (Wildman–Crippen LogP) is 4.65. The maximum Gasteiger partial charge on any atom is 0.225 e.